The zero-order valence-electron chi connectivity index (χ0n) is 11.3. The van der Waals surface area contributed by atoms with E-state index in [-0.39, 0.29) is 17.2 Å². The number of aromatic nitrogens is 1. The maximum absolute atomic E-state index is 11.3. The number of pyridine rings is 1. The smallest absolute Gasteiger partial charge is 0.356 e. The first kappa shape index (κ1) is 16.6. The van der Waals surface area contributed by atoms with Crippen molar-refractivity contribution in [2.75, 3.05) is 12.9 Å². The van der Waals surface area contributed by atoms with E-state index in [2.05, 4.69) is 9.72 Å². The molecule has 1 aromatic heterocycles. The number of methoxy groups -OCH3 is 1. The van der Waals surface area contributed by atoms with Gasteiger partial charge >= 0.3 is 5.97 Å². The Bertz CT molecular complexity index is 480. The van der Waals surface area contributed by atoms with E-state index in [9.17, 15) is 19.8 Å². The lowest BCUT2D eigenvalue weighted by atomic mass is 10.0. The van der Waals surface area contributed by atoms with Crippen LogP contribution in [0.4, 0.5) is 0 Å². The number of aliphatic hydroxyl groups excluding tert-OH is 2. The topological polar surface area (TPSA) is 96.7 Å². The van der Waals surface area contributed by atoms with Gasteiger partial charge in [-0.2, -0.15) is 0 Å². The summed E-state index contributed by atoms with van der Waals surface area (Å²) in [5.41, 5.74) is 0.440. The third kappa shape index (κ3) is 4.92. The Morgan fingerprint density at radius 1 is 1.45 bits per heavy atom. The quantitative estimate of drug-likeness (QED) is 0.754. The molecule has 0 radical (unpaired) electrons. The van der Waals surface area contributed by atoms with E-state index in [0.717, 1.165) is 11.8 Å². The second-order valence-electron chi connectivity index (χ2n) is 4.11. The molecule has 1 heterocycles. The molecule has 1 rings (SSSR count). The lowest BCUT2D eigenvalue weighted by molar-refractivity contribution is -0.109. The third-order valence-corrected chi connectivity index (χ3v) is 3.45. The number of ether oxygens (including phenoxy) is 1. The van der Waals surface area contributed by atoms with Crippen molar-refractivity contribution in [1.82, 2.24) is 4.98 Å². The second kappa shape index (κ2) is 7.98. The van der Waals surface area contributed by atoms with Crippen LogP contribution in [-0.2, 0) is 9.53 Å². The number of thioether (sulfide) groups is 1. The zero-order valence-corrected chi connectivity index (χ0v) is 12.1. The minimum absolute atomic E-state index is 0.0384. The van der Waals surface area contributed by atoms with Gasteiger partial charge in [0.1, 0.15) is 11.8 Å². The van der Waals surface area contributed by atoms with E-state index >= 15 is 0 Å². The molecule has 0 aromatic carbocycles. The van der Waals surface area contributed by atoms with Crippen LogP contribution in [0.3, 0.4) is 0 Å². The minimum Gasteiger partial charge on any atom is -0.464 e. The number of rotatable bonds is 6. The summed E-state index contributed by atoms with van der Waals surface area (Å²) in [5, 5.41) is 19.8. The van der Waals surface area contributed by atoms with Crippen molar-refractivity contribution in [3.63, 3.8) is 0 Å². The molecule has 0 bridgehead atoms. The standard InChI is InChI=1S/C13H17NO5S/c1-8(15)20-6-4-11(16)12(17)9-3-5-14-10(7-9)13(18)19-2/h3,5,7,11-12,16-17H,4,6H2,1-2H3. The monoisotopic (exact) mass is 299 g/mol. The fourth-order valence-corrected chi connectivity index (χ4v) is 2.20. The van der Waals surface area contributed by atoms with Crippen LogP contribution in [0.25, 0.3) is 0 Å². The highest BCUT2D eigenvalue weighted by atomic mass is 32.2. The molecule has 0 fully saturated rings. The lowest BCUT2D eigenvalue weighted by Crippen LogP contribution is -2.20. The summed E-state index contributed by atoms with van der Waals surface area (Å²) < 4.78 is 4.54. The SMILES string of the molecule is COC(=O)c1cc(C(O)C(O)CCSC(C)=O)ccn1. The summed E-state index contributed by atoms with van der Waals surface area (Å²) in [6, 6.07) is 2.89. The van der Waals surface area contributed by atoms with E-state index < -0.39 is 18.2 Å². The summed E-state index contributed by atoms with van der Waals surface area (Å²) in [4.78, 5) is 25.9. The van der Waals surface area contributed by atoms with Crippen molar-refractivity contribution in [2.24, 2.45) is 0 Å². The van der Waals surface area contributed by atoms with Gasteiger partial charge in [0, 0.05) is 18.9 Å². The molecule has 0 amide bonds. The summed E-state index contributed by atoms with van der Waals surface area (Å²) in [6.45, 7) is 1.44. The van der Waals surface area contributed by atoms with Crippen LogP contribution in [0.2, 0.25) is 0 Å². The van der Waals surface area contributed by atoms with E-state index in [1.54, 1.807) is 0 Å². The van der Waals surface area contributed by atoms with Gasteiger partial charge in [0.2, 0.25) is 0 Å². The van der Waals surface area contributed by atoms with Crippen molar-refractivity contribution >= 4 is 22.8 Å². The Kier molecular flexibility index (Phi) is 6.63. The van der Waals surface area contributed by atoms with Crippen molar-refractivity contribution in [1.29, 1.82) is 0 Å². The predicted molar refractivity (Wildman–Crippen MR) is 74.3 cm³/mol. The lowest BCUT2D eigenvalue weighted by Gasteiger charge is -2.18. The first-order valence-corrected chi connectivity index (χ1v) is 6.98. The number of carbonyl (C=O) groups is 2. The highest BCUT2D eigenvalue weighted by Gasteiger charge is 2.20. The second-order valence-corrected chi connectivity index (χ2v) is 5.38. The highest BCUT2D eigenvalue weighted by Crippen LogP contribution is 2.21. The Hall–Kier alpha value is -1.44. The molecule has 0 aliphatic carbocycles. The first-order valence-electron chi connectivity index (χ1n) is 5.99. The number of hydrogen-bond acceptors (Lipinski definition) is 7. The fourth-order valence-electron chi connectivity index (χ4n) is 1.55. The van der Waals surface area contributed by atoms with Gasteiger partial charge in [-0.1, -0.05) is 11.8 Å². The Morgan fingerprint density at radius 2 is 2.15 bits per heavy atom. The van der Waals surface area contributed by atoms with Gasteiger partial charge in [0.25, 0.3) is 0 Å². The molecule has 2 atom stereocenters. The fraction of sp³-hybridized carbons (Fsp3) is 0.462. The van der Waals surface area contributed by atoms with Gasteiger partial charge in [0.05, 0.1) is 13.2 Å². The maximum atomic E-state index is 11.3. The molecule has 0 saturated heterocycles. The van der Waals surface area contributed by atoms with E-state index in [0.29, 0.717) is 11.3 Å². The number of aliphatic hydroxyl groups is 2. The molecule has 0 saturated carbocycles. The average molecular weight is 299 g/mol. The first-order chi connectivity index (χ1) is 9.45. The summed E-state index contributed by atoms with van der Waals surface area (Å²) in [6.07, 6.45) is -0.535. The predicted octanol–water partition coefficient (Wildman–Crippen LogP) is 0.932. The molecule has 0 aliphatic heterocycles. The summed E-state index contributed by atoms with van der Waals surface area (Å²) in [7, 11) is 1.24. The Morgan fingerprint density at radius 3 is 2.75 bits per heavy atom. The van der Waals surface area contributed by atoms with Crippen LogP contribution in [0.15, 0.2) is 18.3 Å². The molecule has 1 aromatic rings. The summed E-state index contributed by atoms with van der Waals surface area (Å²) >= 11 is 1.09. The highest BCUT2D eigenvalue weighted by molar-refractivity contribution is 8.13. The van der Waals surface area contributed by atoms with Gasteiger partial charge in [0.15, 0.2) is 5.12 Å². The molecule has 0 spiro atoms. The molecule has 2 unspecified atom stereocenters. The van der Waals surface area contributed by atoms with Gasteiger partial charge in [-0.25, -0.2) is 9.78 Å². The average Bonchev–Trinajstić information content (AvgIpc) is 2.45. The molecule has 6 nitrogen and oxygen atoms in total. The Balaban J connectivity index is 2.68. The largest absolute Gasteiger partial charge is 0.464 e. The van der Waals surface area contributed by atoms with Gasteiger partial charge in [-0.05, 0) is 24.1 Å². The van der Waals surface area contributed by atoms with E-state index in [1.165, 1.54) is 32.4 Å². The summed E-state index contributed by atoms with van der Waals surface area (Å²) in [5.74, 6) is -0.191. The van der Waals surface area contributed by atoms with Crippen molar-refractivity contribution in [3.8, 4) is 0 Å². The van der Waals surface area contributed by atoms with Crippen LogP contribution in [-0.4, -0.2) is 45.2 Å². The number of carbonyl (C=O) groups excluding carboxylic acids is 2. The molecular formula is C13H17NO5S. The Labute approximate surface area is 121 Å². The molecule has 110 valence electrons. The molecule has 7 heteroatoms. The number of nitrogens with zero attached hydrogens (tertiary/aromatic N) is 1. The normalized spacial score (nSPS) is 13.6. The molecule has 2 N–H and O–H groups in total. The van der Waals surface area contributed by atoms with Gasteiger partial charge in [-0.3, -0.25) is 4.79 Å². The van der Waals surface area contributed by atoms with Crippen LogP contribution in [0, 0.1) is 0 Å². The van der Waals surface area contributed by atoms with Crippen LogP contribution in [0.1, 0.15) is 35.5 Å². The third-order valence-electron chi connectivity index (χ3n) is 2.60. The van der Waals surface area contributed by atoms with Crippen LogP contribution < -0.4 is 0 Å². The minimum atomic E-state index is -1.14. The number of esters is 1. The maximum Gasteiger partial charge on any atom is 0.356 e. The van der Waals surface area contributed by atoms with Crippen molar-refractivity contribution < 1.29 is 24.5 Å². The van der Waals surface area contributed by atoms with Crippen LogP contribution in [0.5, 0.6) is 0 Å². The van der Waals surface area contributed by atoms with Gasteiger partial charge in [-0.15, -0.1) is 0 Å². The van der Waals surface area contributed by atoms with Gasteiger partial charge < -0.3 is 14.9 Å². The van der Waals surface area contributed by atoms with E-state index in [4.69, 9.17) is 0 Å². The van der Waals surface area contributed by atoms with Crippen molar-refractivity contribution in [2.45, 2.75) is 25.6 Å². The number of hydrogen-bond donors (Lipinski definition) is 2. The van der Waals surface area contributed by atoms with E-state index in [1.807, 2.05) is 0 Å². The van der Waals surface area contributed by atoms with Crippen molar-refractivity contribution in [3.05, 3.63) is 29.6 Å². The molecular weight excluding hydrogens is 282 g/mol. The molecule has 0 aliphatic rings. The molecule has 20 heavy (non-hydrogen) atoms. The van der Waals surface area contributed by atoms with Crippen LogP contribution >= 0.6 is 11.8 Å². The zero-order chi connectivity index (χ0) is 15.1.